The van der Waals surface area contributed by atoms with Crippen molar-refractivity contribution in [2.24, 2.45) is 16.8 Å². The molecule has 0 radical (unpaired) electrons. The van der Waals surface area contributed by atoms with Crippen LogP contribution in [0.1, 0.15) is 35.2 Å². The molecule has 3 rings (SSSR count). The molecule has 2 atom stereocenters. The van der Waals surface area contributed by atoms with E-state index in [0.717, 1.165) is 24.8 Å². The number of aryl methyl sites for hydroxylation is 1. The Kier molecular flexibility index (Phi) is 3.53. The number of fused-ring (bicyclic) bond motifs is 2. The molecule has 2 aliphatic rings. The van der Waals surface area contributed by atoms with Gasteiger partial charge in [-0.3, -0.25) is 4.79 Å². The molecular weight excluding hydrogens is 273 g/mol. The second-order valence-corrected chi connectivity index (χ2v) is 5.75. The molecule has 3 N–H and O–H groups in total. The van der Waals surface area contributed by atoms with Crippen molar-refractivity contribution in [1.82, 2.24) is 4.90 Å². The number of nitrogens with zero attached hydrogens (tertiary/aromatic N) is 2. The Morgan fingerprint density at radius 1 is 1.38 bits per heavy atom. The maximum atomic E-state index is 13.4. The first-order valence-corrected chi connectivity index (χ1v) is 7.17. The van der Waals surface area contributed by atoms with Gasteiger partial charge in [0.2, 0.25) is 0 Å². The van der Waals surface area contributed by atoms with Crippen LogP contribution in [0.15, 0.2) is 23.4 Å². The lowest BCUT2D eigenvalue weighted by Crippen LogP contribution is -2.49. The number of amidine groups is 1. The van der Waals surface area contributed by atoms with E-state index in [1.54, 1.807) is 11.0 Å². The first-order valence-electron chi connectivity index (χ1n) is 7.17. The Balaban J connectivity index is 1.91. The van der Waals surface area contributed by atoms with E-state index in [0.29, 0.717) is 18.5 Å². The highest BCUT2D eigenvalue weighted by Crippen LogP contribution is 2.31. The summed E-state index contributed by atoms with van der Waals surface area (Å²) in [5.41, 5.74) is 7.02. The van der Waals surface area contributed by atoms with Crippen LogP contribution >= 0.6 is 0 Å². The van der Waals surface area contributed by atoms with E-state index in [4.69, 9.17) is 10.9 Å². The third-order valence-corrected chi connectivity index (χ3v) is 4.55. The zero-order valence-corrected chi connectivity index (χ0v) is 11.6. The molecule has 5 nitrogen and oxygen atoms in total. The van der Waals surface area contributed by atoms with Crippen LogP contribution in [0.4, 0.5) is 4.39 Å². The number of halogens is 1. The number of piperidine rings is 1. The quantitative estimate of drug-likeness (QED) is 0.358. The van der Waals surface area contributed by atoms with Crippen molar-refractivity contribution in [3.8, 4) is 0 Å². The van der Waals surface area contributed by atoms with Crippen LogP contribution in [0.3, 0.4) is 0 Å². The summed E-state index contributed by atoms with van der Waals surface area (Å²) < 4.78 is 13.4. The average molecular weight is 291 g/mol. The summed E-state index contributed by atoms with van der Waals surface area (Å²) in [5.74, 6) is -0.332. The Bertz CT molecular complexity index is 603. The fourth-order valence-electron chi connectivity index (χ4n) is 3.35. The summed E-state index contributed by atoms with van der Waals surface area (Å²) in [4.78, 5) is 14.5. The van der Waals surface area contributed by atoms with Gasteiger partial charge in [-0.25, -0.2) is 4.39 Å². The number of carbonyl (C=O) groups is 1. The smallest absolute Gasteiger partial charge is 0.254 e. The number of hydrogen-bond donors (Lipinski definition) is 2. The van der Waals surface area contributed by atoms with Crippen molar-refractivity contribution in [2.75, 3.05) is 6.54 Å². The van der Waals surface area contributed by atoms with Crippen LogP contribution in [0, 0.1) is 11.7 Å². The molecular formula is C15H18FN3O2. The van der Waals surface area contributed by atoms with Crippen molar-refractivity contribution >= 4 is 11.7 Å². The van der Waals surface area contributed by atoms with Gasteiger partial charge in [-0.15, -0.1) is 0 Å². The largest absolute Gasteiger partial charge is 0.409 e. The van der Waals surface area contributed by atoms with Gasteiger partial charge >= 0.3 is 0 Å². The summed E-state index contributed by atoms with van der Waals surface area (Å²) in [6.07, 6.45) is 3.15. The first kappa shape index (κ1) is 13.9. The van der Waals surface area contributed by atoms with Gasteiger partial charge in [0.15, 0.2) is 0 Å². The molecule has 0 saturated carbocycles. The number of oxime groups is 1. The van der Waals surface area contributed by atoms with Gasteiger partial charge in [-0.2, -0.15) is 0 Å². The van der Waals surface area contributed by atoms with Crippen molar-refractivity contribution in [1.29, 1.82) is 0 Å². The molecule has 1 aromatic rings. The van der Waals surface area contributed by atoms with E-state index in [9.17, 15) is 9.18 Å². The molecule has 1 fully saturated rings. The van der Waals surface area contributed by atoms with Gasteiger partial charge in [0, 0.05) is 24.1 Å². The summed E-state index contributed by atoms with van der Waals surface area (Å²) in [5, 5.41) is 11.9. The first-order chi connectivity index (χ1) is 10.1. The molecule has 1 amide bonds. The van der Waals surface area contributed by atoms with Crippen molar-refractivity contribution in [3.05, 3.63) is 35.1 Å². The van der Waals surface area contributed by atoms with Crippen LogP contribution in [0.5, 0.6) is 0 Å². The van der Waals surface area contributed by atoms with E-state index in [2.05, 4.69) is 5.16 Å². The van der Waals surface area contributed by atoms with E-state index >= 15 is 0 Å². The molecule has 0 spiro atoms. The van der Waals surface area contributed by atoms with Gasteiger partial charge in [0.1, 0.15) is 11.7 Å². The van der Waals surface area contributed by atoms with Crippen LogP contribution in [-0.2, 0) is 6.42 Å². The zero-order chi connectivity index (χ0) is 15.0. The molecule has 21 heavy (non-hydrogen) atoms. The molecule has 0 bridgehead atoms. The molecule has 6 heteroatoms. The second-order valence-electron chi connectivity index (χ2n) is 5.75. The monoisotopic (exact) mass is 291 g/mol. The predicted molar refractivity (Wildman–Crippen MR) is 75.7 cm³/mol. The fourth-order valence-corrected chi connectivity index (χ4v) is 3.35. The second kappa shape index (κ2) is 5.35. The van der Waals surface area contributed by atoms with E-state index in [-0.39, 0.29) is 29.5 Å². The molecule has 2 heterocycles. The number of carbonyl (C=O) groups excluding carboxylic acids is 1. The third-order valence-electron chi connectivity index (χ3n) is 4.55. The van der Waals surface area contributed by atoms with Gasteiger partial charge in [0.25, 0.3) is 5.91 Å². The Morgan fingerprint density at radius 3 is 2.95 bits per heavy atom. The minimum absolute atomic E-state index is 0.0806. The highest BCUT2D eigenvalue weighted by Gasteiger charge is 2.36. The number of amides is 1. The standard InChI is InChI=1S/C15H18FN3O2/c16-11-3-6-13-9(7-11)1-4-12-5-2-10(14(17)18-21)8-19(12)15(13)20/h3,6-7,10,12,21H,1-2,4-5,8H2,(H2,17,18)/t10-,12-/m1/s1. The molecule has 112 valence electrons. The van der Waals surface area contributed by atoms with Crippen LogP contribution in [0.2, 0.25) is 0 Å². The maximum Gasteiger partial charge on any atom is 0.254 e. The molecule has 2 aliphatic heterocycles. The lowest BCUT2D eigenvalue weighted by Gasteiger charge is -2.38. The lowest BCUT2D eigenvalue weighted by molar-refractivity contribution is 0.0578. The van der Waals surface area contributed by atoms with Gasteiger partial charge in [-0.1, -0.05) is 5.16 Å². The van der Waals surface area contributed by atoms with Crippen molar-refractivity contribution in [2.45, 2.75) is 31.7 Å². The molecule has 0 unspecified atom stereocenters. The average Bonchev–Trinajstić information content (AvgIpc) is 2.63. The highest BCUT2D eigenvalue weighted by atomic mass is 19.1. The fraction of sp³-hybridized carbons (Fsp3) is 0.467. The van der Waals surface area contributed by atoms with Crippen LogP contribution in [0.25, 0.3) is 0 Å². The van der Waals surface area contributed by atoms with Crippen LogP contribution in [-0.4, -0.2) is 34.4 Å². The lowest BCUT2D eigenvalue weighted by atomic mass is 9.90. The van der Waals surface area contributed by atoms with Crippen molar-refractivity contribution in [3.63, 3.8) is 0 Å². The number of nitrogens with two attached hydrogens (primary N) is 1. The Morgan fingerprint density at radius 2 is 2.19 bits per heavy atom. The molecule has 1 saturated heterocycles. The topological polar surface area (TPSA) is 78.9 Å². The van der Waals surface area contributed by atoms with Crippen molar-refractivity contribution < 1.29 is 14.4 Å². The molecule has 0 aromatic heterocycles. The number of rotatable bonds is 1. The summed E-state index contributed by atoms with van der Waals surface area (Å²) in [7, 11) is 0. The van der Waals surface area contributed by atoms with Gasteiger partial charge < -0.3 is 15.8 Å². The Labute approximate surface area is 122 Å². The molecule has 1 aromatic carbocycles. The number of benzene rings is 1. The van der Waals surface area contributed by atoms with Gasteiger partial charge in [-0.05, 0) is 49.4 Å². The maximum absolute atomic E-state index is 13.4. The van der Waals surface area contributed by atoms with Gasteiger partial charge in [0.05, 0.1) is 0 Å². The zero-order valence-electron chi connectivity index (χ0n) is 11.6. The van der Waals surface area contributed by atoms with E-state index < -0.39 is 0 Å². The van der Waals surface area contributed by atoms with E-state index in [1.165, 1.54) is 12.1 Å². The van der Waals surface area contributed by atoms with Crippen LogP contribution < -0.4 is 5.73 Å². The minimum atomic E-state index is -0.309. The minimum Gasteiger partial charge on any atom is -0.409 e. The summed E-state index contributed by atoms with van der Waals surface area (Å²) >= 11 is 0. The van der Waals surface area contributed by atoms with E-state index in [1.807, 2.05) is 0 Å². The predicted octanol–water partition coefficient (Wildman–Crippen LogP) is 1.74. The number of hydrogen-bond acceptors (Lipinski definition) is 3. The Hall–Kier alpha value is -2.11. The summed E-state index contributed by atoms with van der Waals surface area (Å²) in [6, 6.07) is 4.48. The summed E-state index contributed by atoms with van der Waals surface area (Å²) in [6.45, 7) is 0.455. The molecule has 0 aliphatic carbocycles. The third kappa shape index (κ3) is 2.46. The SMILES string of the molecule is NC(=NO)[C@@H]1CC[C@H]2CCc3cc(F)ccc3C(=O)N2C1. The highest BCUT2D eigenvalue weighted by molar-refractivity contribution is 5.97. The normalized spacial score (nSPS) is 26.0.